The molecule has 0 saturated carbocycles. The van der Waals surface area contributed by atoms with Crippen molar-refractivity contribution in [3.63, 3.8) is 0 Å². The van der Waals surface area contributed by atoms with Crippen LogP contribution >= 0.6 is 0 Å². The zero-order valence-electron chi connectivity index (χ0n) is 18.2. The summed E-state index contributed by atoms with van der Waals surface area (Å²) in [6.45, 7) is 3.06. The molecule has 0 radical (unpaired) electrons. The quantitative estimate of drug-likeness (QED) is 0.674. The summed E-state index contributed by atoms with van der Waals surface area (Å²) >= 11 is 0. The van der Waals surface area contributed by atoms with E-state index < -0.39 is 10.0 Å². The molecule has 3 aliphatic heterocycles. The van der Waals surface area contributed by atoms with Crippen molar-refractivity contribution in [2.24, 2.45) is 18.9 Å². The van der Waals surface area contributed by atoms with Crippen molar-refractivity contribution in [1.29, 1.82) is 0 Å². The molecule has 10 heteroatoms. The minimum Gasteiger partial charge on any atom is -0.370 e. The summed E-state index contributed by atoms with van der Waals surface area (Å²) in [6.07, 6.45) is 7.05. The first kappa shape index (κ1) is 20.9. The molecule has 0 unspecified atom stereocenters. The van der Waals surface area contributed by atoms with Crippen LogP contribution < -0.4 is 9.62 Å². The van der Waals surface area contributed by atoms with Crippen molar-refractivity contribution in [1.82, 2.24) is 24.4 Å². The van der Waals surface area contributed by atoms with Crippen LogP contribution in [0.2, 0.25) is 0 Å². The van der Waals surface area contributed by atoms with Crippen molar-refractivity contribution in [3.8, 4) is 0 Å². The van der Waals surface area contributed by atoms with Gasteiger partial charge in [-0.25, -0.2) is 18.1 Å². The third-order valence-electron chi connectivity index (χ3n) is 7.03. The van der Waals surface area contributed by atoms with E-state index in [9.17, 15) is 8.42 Å². The number of nitrogens with one attached hydrogen (secondary N) is 1. The van der Waals surface area contributed by atoms with Gasteiger partial charge in [0.05, 0.1) is 17.9 Å². The number of likely N-dealkylation sites (tertiary alicyclic amines) is 1. The van der Waals surface area contributed by atoms with E-state index in [-0.39, 0.29) is 22.5 Å². The highest BCUT2D eigenvalue weighted by atomic mass is 32.2. The molecular formula is C21H30N6O3S. The van der Waals surface area contributed by atoms with Gasteiger partial charge in [0.25, 0.3) is 0 Å². The highest BCUT2D eigenvalue weighted by Crippen LogP contribution is 2.54. The molecular weight excluding hydrogens is 416 g/mol. The van der Waals surface area contributed by atoms with Crippen LogP contribution in [0.1, 0.15) is 18.4 Å². The maximum atomic E-state index is 12.7. The molecule has 0 aliphatic carbocycles. The summed E-state index contributed by atoms with van der Waals surface area (Å²) in [4.78, 5) is 9.15. The highest BCUT2D eigenvalue weighted by Gasteiger charge is 2.62. The average molecular weight is 447 g/mol. The Morgan fingerprint density at radius 1 is 1.32 bits per heavy atom. The summed E-state index contributed by atoms with van der Waals surface area (Å²) in [5.74, 6) is 1.49. The molecule has 3 fully saturated rings. The second-order valence-corrected chi connectivity index (χ2v) is 11.1. The van der Waals surface area contributed by atoms with Gasteiger partial charge in [-0.05, 0) is 24.5 Å². The Morgan fingerprint density at radius 3 is 2.84 bits per heavy atom. The predicted molar refractivity (Wildman–Crippen MR) is 116 cm³/mol. The number of hydrogen-bond acceptors (Lipinski definition) is 7. The molecule has 9 nitrogen and oxygen atoms in total. The van der Waals surface area contributed by atoms with Crippen molar-refractivity contribution >= 4 is 15.8 Å². The number of aryl methyl sites for hydroxylation is 1. The first-order valence-corrected chi connectivity index (χ1v) is 12.2. The van der Waals surface area contributed by atoms with E-state index in [1.54, 1.807) is 7.05 Å². The average Bonchev–Trinajstić information content (AvgIpc) is 3.47. The van der Waals surface area contributed by atoms with E-state index in [1.165, 1.54) is 22.6 Å². The lowest BCUT2D eigenvalue weighted by Gasteiger charge is -2.29. The Morgan fingerprint density at radius 2 is 2.16 bits per heavy atom. The molecule has 0 aromatic carbocycles. The van der Waals surface area contributed by atoms with Crippen molar-refractivity contribution in [2.45, 2.75) is 36.0 Å². The van der Waals surface area contributed by atoms with Crippen LogP contribution in [0.15, 0.2) is 35.6 Å². The minimum atomic E-state index is -3.56. The Balaban J connectivity index is 1.25. The van der Waals surface area contributed by atoms with Gasteiger partial charge in [-0.1, -0.05) is 6.07 Å². The van der Waals surface area contributed by atoms with E-state index in [4.69, 9.17) is 4.74 Å². The SMILES string of the molecule is CN(C)c1ccc(CN2C[C@@H]3[C@H](CNS(=O)(=O)c4cnn(C)c4)[C@H]4CC[C@]3(C2)O4)cn1. The molecule has 2 bridgehead atoms. The molecule has 3 aliphatic rings. The number of fused-ring (bicyclic) bond motifs is 1. The number of sulfonamides is 1. The van der Waals surface area contributed by atoms with Crippen LogP contribution in [-0.4, -0.2) is 73.5 Å². The molecule has 1 N–H and O–H groups in total. The third kappa shape index (κ3) is 3.75. The maximum absolute atomic E-state index is 12.7. The molecule has 1 spiro atoms. The Labute approximate surface area is 183 Å². The fourth-order valence-electron chi connectivity index (χ4n) is 5.54. The lowest BCUT2D eigenvalue weighted by atomic mass is 9.74. The number of nitrogens with zero attached hydrogens (tertiary/aromatic N) is 5. The van der Waals surface area contributed by atoms with Crippen LogP contribution in [0.5, 0.6) is 0 Å². The van der Waals surface area contributed by atoms with Gasteiger partial charge in [-0.15, -0.1) is 0 Å². The third-order valence-corrected chi connectivity index (χ3v) is 8.41. The lowest BCUT2D eigenvalue weighted by molar-refractivity contribution is 0.00219. The number of rotatable bonds is 7. The van der Waals surface area contributed by atoms with Crippen LogP contribution in [-0.2, 0) is 28.4 Å². The fraction of sp³-hybridized carbons (Fsp3) is 0.619. The maximum Gasteiger partial charge on any atom is 0.243 e. The van der Waals surface area contributed by atoms with Gasteiger partial charge in [0.15, 0.2) is 0 Å². The molecule has 4 atom stereocenters. The van der Waals surface area contributed by atoms with Gasteiger partial charge in [0.2, 0.25) is 10.0 Å². The Kier molecular flexibility index (Phi) is 5.08. The van der Waals surface area contributed by atoms with Crippen molar-refractivity contribution in [3.05, 3.63) is 36.3 Å². The monoisotopic (exact) mass is 446 g/mol. The van der Waals surface area contributed by atoms with Crippen LogP contribution in [0.4, 0.5) is 5.82 Å². The zero-order valence-corrected chi connectivity index (χ0v) is 19.0. The van der Waals surface area contributed by atoms with Gasteiger partial charge in [0, 0.05) is 71.6 Å². The Bertz CT molecular complexity index is 1050. The predicted octanol–water partition coefficient (Wildman–Crippen LogP) is 0.839. The van der Waals surface area contributed by atoms with Crippen LogP contribution in [0, 0.1) is 11.8 Å². The molecule has 31 heavy (non-hydrogen) atoms. The number of pyridine rings is 1. The van der Waals surface area contributed by atoms with E-state index in [0.29, 0.717) is 12.5 Å². The molecule has 0 amide bonds. The Hall–Kier alpha value is -2.01. The van der Waals surface area contributed by atoms with Gasteiger partial charge < -0.3 is 9.64 Å². The summed E-state index contributed by atoms with van der Waals surface area (Å²) in [5.41, 5.74) is 1.05. The van der Waals surface area contributed by atoms with E-state index >= 15 is 0 Å². The summed E-state index contributed by atoms with van der Waals surface area (Å²) in [7, 11) is 2.12. The molecule has 2 aromatic rings. The van der Waals surface area contributed by atoms with Gasteiger partial charge in [0.1, 0.15) is 10.7 Å². The topological polar surface area (TPSA) is 92.6 Å². The highest BCUT2D eigenvalue weighted by molar-refractivity contribution is 7.89. The smallest absolute Gasteiger partial charge is 0.243 e. The molecule has 2 aromatic heterocycles. The van der Waals surface area contributed by atoms with Gasteiger partial charge >= 0.3 is 0 Å². The first-order chi connectivity index (χ1) is 14.8. The van der Waals surface area contributed by atoms with Crippen LogP contribution in [0.3, 0.4) is 0 Å². The first-order valence-electron chi connectivity index (χ1n) is 10.8. The largest absolute Gasteiger partial charge is 0.370 e. The fourth-order valence-corrected chi connectivity index (χ4v) is 6.60. The molecule has 168 valence electrons. The number of hydrogen-bond donors (Lipinski definition) is 1. The number of ether oxygens (including phenoxy) is 1. The van der Waals surface area contributed by atoms with Gasteiger partial charge in [-0.2, -0.15) is 5.10 Å². The molecule has 5 rings (SSSR count). The standard InChI is InChI=1S/C21H30N6O3S/c1-25(2)20-5-4-15(8-22-20)11-27-13-18-17(19-6-7-21(18,14-27)30-19)10-24-31(28,29)16-9-23-26(3)12-16/h4-5,8-9,12,17-19,24H,6-7,10-11,13-14H2,1-3H3/t17-,18+,19+,21+/m0/s1. The molecule has 5 heterocycles. The minimum absolute atomic E-state index is 0.133. The van der Waals surface area contributed by atoms with Gasteiger partial charge in [-0.3, -0.25) is 9.58 Å². The lowest BCUT2D eigenvalue weighted by Crippen LogP contribution is -2.41. The van der Waals surface area contributed by atoms with Crippen molar-refractivity contribution < 1.29 is 13.2 Å². The van der Waals surface area contributed by atoms with E-state index in [1.807, 2.05) is 31.3 Å². The number of aromatic nitrogens is 3. The number of anilines is 1. The summed E-state index contributed by atoms with van der Waals surface area (Å²) < 4.78 is 36.1. The van der Waals surface area contributed by atoms with E-state index in [2.05, 4.69) is 25.8 Å². The second kappa shape index (κ2) is 7.54. The van der Waals surface area contributed by atoms with E-state index in [0.717, 1.165) is 38.3 Å². The molecule has 3 saturated heterocycles. The summed E-state index contributed by atoms with van der Waals surface area (Å²) in [6, 6.07) is 4.18. The second-order valence-electron chi connectivity index (χ2n) is 9.32. The zero-order chi connectivity index (χ0) is 21.8. The summed E-state index contributed by atoms with van der Waals surface area (Å²) in [5, 5.41) is 3.98. The van der Waals surface area contributed by atoms with Crippen molar-refractivity contribution in [2.75, 3.05) is 38.6 Å². The normalized spacial score (nSPS) is 30.1. The van der Waals surface area contributed by atoms with Crippen LogP contribution in [0.25, 0.3) is 0 Å².